The molecule has 0 aliphatic heterocycles. The van der Waals surface area contributed by atoms with Crippen LogP contribution in [0.15, 0.2) is 46.9 Å². The van der Waals surface area contributed by atoms with Crippen LogP contribution in [-0.4, -0.2) is 23.5 Å². The second-order valence-electron chi connectivity index (χ2n) is 9.82. The number of rotatable bonds is 4. The van der Waals surface area contributed by atoms with Crippen LogP contribution in [0.3, 0.4) is 0 Å². The summed E-state index contributed by atoms with van der Waals surface area (Å²) in [7, 11) is 0. The minimum Gasteiger partial charge on any atom is -0.452 e. The summed E-state index contributed by atoms with van der Waals surface area (Å²) in [5.74, 6) is -0.394. The first-order chi connectivity index (χ1) is 15.6. The molecule has 3 aromatic rings. The number of aryl methyl sites for hydroxylation is 2. The molecule has 0 saturated carbocycles. The maximum absolute atomic E-state index is 13.3. The number of nitrogens with zero attached hydrogens (tertiary/aromatic N) is 1. The Morgan fingerprint density at radius 1 is 1.18 bits per heavy atom. The number of nitrogens with one attached hydrogen (secondary N) is 1. The van der Waals surface area contributed by atoms with Crippen molar-refractivity contribution < 1.29 is 14.3 Å². The molecule has 0 fully saturated rings. The first kappa shape index (κ1) is 23.4. The van der Waals surface area contributed by atoms with E-state index < -0.39 is 5.97 Å². The fraction of sp³-hybridized carbons (Fsp3) is 0.370. The minimum atomic E-state index is -0.471. The van der Waals surface area contributed by atoms with Gasteiger partial charge in [-0.25, -0.2) is 4.79 Å². The molecule has 1 atom stereocenters. The number of carbonyl (C=O) groups excluding carboxylic acids is 2. The Bertz CT molecular complexity index is 1230. The van der Waals surface area contributed by atoms with Gasteiger partial charge in [0, 0.05) is 21.2 Å². The number of amides is 1. The van der Waals surface area contributed by atoms with Crippen molar-refractivity contribution in [3.8, 4) is 0 Å². The molecule has 0 spiro atoms. The van der Waals surface area contributed by atoms with Gasteiger partial charge in [-0.1, -0.05) is 54.9 Å². The Hall–Kier alpha value is -2.73. The van der Waals surface area contributed by atoms with Crippen molar-refractivity contribution in [3.05, 3.63) is 69.3 Å². The highest BCUT2D eigenvalue weighted by molar-refractivity contribution is 9.10. The van der Waals surface area contributed by atoms with Gasteiger partial charge in [-0.3, -0.25) is 9.78 Å². The Balaban J connectivity index is 1.58. The highest BCUT2D eigenvalue weighted by Crippen LogP contribution is 2.39. The molecule has 0 unspecified atom stereocenters. The molecule has 0 saturated heterocycles. The van der Waals surface area contributed by atoms with E-state index in [0.717, 1.165) is 51.5 Å². The van der Waals surface area contributed by atoms with Gasteiger partial charge < -0.3 is 10.1 Å². The van der Waals surface area contributed by atoms with Gasteiger partial charge in [0.2, 0.25) is 0 Å². The van der Waals surface area contributed by atoms with E-state index in [4.69, 9.17) is 9.72 Å². The molecule has 1 aromatic heterocycles. The van der Waals surface area contributed by atoms with Gasteiger partial charge in [0.05, 0.1) is 11.1 Å². The van der Waals surface area contributed by atoms with Crippen LogP contribution in [0, 0.1) is 18.3 Å². The van der Waals surface area contributed by atoms with Gasteiger partial charge in [0.15, 0.2) is 6.61 Å². The lowest BCUT2D eigenvalue weighted by molar-refractivity contribution is -0.119. The standard InChI is InChI=1S/C27H29BrN2O3/c1-16-13-18(10-11-21(16)28)29-24(31)15-33-26(32)25-19-7-5-6-8-22(19)30-23-12-9-17(14-20(23)25)27(2,3)4/h5-8,10-11,13,17H,9,12,14-15H2,1-4H3,(H,29,31)/t17-/m1/s1. The zero-order valence-corrected chi connectivity index (χ0v) is 21.1. The molecular weight excluding hydrogens is 480 g/mol. The van der Waals surface area contributed by atoms with Gasteiger partial charge >= 0.3 is 5.97 Å². The third kappa shape index (κ3) is 5.11. The zero-order valence-electron chi connectivity index (χ0n) is 19.5. The molecule has 1 aliphatic carbocycles. The van der Waals surface area contributed by atoms with Crippen LogP contribution in [-0.2, 0) is 22.4 Å². The van der Waals surface area contributed by atoms with E-state index in [-0.39, 0.29) is 17.9 Å². The Morgan fingerprint density at radius 2 is 1.94 bits per heavy atom. The molecule has 4 rings (SSSR count). The van der Waals surface area contributed by atoms with Crippen molar-refractivity contribution in [2.24, 2.45) is 11.3 Å². The van der Waals surface area contributed by atoms with Crippen LogP contribution < -0.4 is 5.32 Å². The Morgan fingerprint density at radius 3 is 2.67 bits per heavy atom. The van der Waals surface area contributed by atoms with Crippen molar-refractivity contribution in [2.75, 3.05) is 11.9 Å². The normalized spacial score (nSPS) is 15.7. The molecule has 0 bridgehead atoms. The summed E-state index contributed by atoms with van der Waals surface area (Å²) in [6.07, 6.45) is 2.67. The first-order valence-corrected chi connectivity index (χ1v) is 12.1. The minimum absolute atomic E-state index is 0.132. The van der Waals surface area contributed by atoms with Crippen molar-refractivity contribution in [3.63, 3.8) is 0 Å². The highest BCUT2D eigenvalue weighted by atomic mass is 79.9. The molecule has 2 aromatic carbocycles. The Labute approximate surface area is 203 Å². The number of hydrogen-bond acceptors (Lipinski definition) is 4. The van der Waals surface area contributed by atoms with Gasteiger partial charge in [0.1, 0.15) is 0 Å². The van der Waals surface area contributed by atoms with Crippen LogP contribution in [0.25, 0.3) is 10.9 Å². The van der Waals surface area contributed by atoms with E-state index in [1.165, 1.54) is 0 Å². The quantitative estimate of drug-likeness (QED) is 0.422. The maximum atomic E-state index is 13.3. The smallest absolute Gasteiger partial charge is 0.339 e. The molecule has 1 aliphatic rings. The summed E-state index contributed by atoms with van der Waals surface area (Å²) in [6.45, 7) is 8.32. The molecular formula is C27H29BrN2O3. The number of hydrogen-bond donors (Lipinski definition) is 1. The third-order valence-corrected chi connectivity index (χ3v) is 7.35. The van der Waals surface area contributed by atoms with E-state index in [9.17, 15) is 9.59 Å². The van der Waals surface area contributed by atoms with Gasteiger partial charge in [0.25, 0.3) is 5.91 Å². The van der Waals surface area contributed by atoms with Gasteiger partial charge in [-0.05, 0) is 72.9 Å². The molecule has 6 heteroatoms. The molecule has 5 nitrogen and oxygen atoms in total. The molecule has 172 valence electrons. The fourth-order valence-corrected chi connectivity index (χ4v) is 4.73. The summed E-state index contributed by atoms with van der Waals surface area (Å²) in [5, 5.41) is 3.57. The average molecular weight is 509 g/mol. The lowest BCUT2D eigenvalue weighted by Gasteiger charge is -2.35. The van der Waals surface area contributed by atoms with E-state index in [1.807, 2.05) is 43.3 Å². The number of fused-ring (bicyclic) bond motifs is 2. The lowest BCUT2D eigenvalue weighted by Crippen LogP contribution is -2.29. The summed E-state index contributed by atoms with van der Waals surface area (Å²) < 4.78 is 6.49. The van der Waals surface area contributed by atoms with Gasteiger partial charge in [-0.2, -0.15) is 0 Å². The second kappa shape index (κ2) is 9.26. The van der Waals surface area contributed by atoms with Crippen molar-refractivity contribution >= 4 is 44.4 Å². The number of aromatic nitrogens is 1. The SMILES string of the molecule is Cc1cc(NC(=O)COC(=O)c2c3c(nc4ccccc24)CC[C@@H](C(C)(C)C)C3)ccc1Br. The van der Waals surface area contributed by atoms with Gasteiger partial charge in [-0.15, -0.1) is 0 Å². The van der Waals surface area contributed by atoms with Crippen LogP contribution >= 0.6 is 15.9 Å². The number of benzene rings is 2. The predicted octanol–water partition coefficient (Wildman–Crippen LogP) is 6.25. The fourth-order valence-electron chi connectivity index (χ4n) is 4.48. The van der Waals surface area contributed by atoms with E-state index in [1.54, 1.807) is 6.07 Å². The number of pyridine rings is 1. The predicted molar refractivity (Wildman–Crippen MR) is 135 cm³/mol. The molecule has 1 N–H and O–H groups in total. The topological polar surface area (TPSA) is 68.3 Å². The van der Waals surface area contributed by atoms with Crippen LogP contribution in [0.1, 0.15) is 54.4 Å². The largest absolute Gasteiger partial charge is 0.452 e. The maximum Gasteiger partial charge on any atom is 0.339 e. The number of carbonyl (C=O) groups is 2. The van der Waals surface area contributed by atoms with Crippen molar-refractivity contribution in [1.29, 1.82) is 0 Å². The van der Waals surface area contributed by atoms with Crippen molar-refractivity contribution in [1.82, 2.24) is 4.98 Å². The summed E-state index contributed by atoms with van der Waals surface area (Å²) in [6, 6.07) is 13.2. The number of ether oxygens (including phenoxy) is 1. The van der Waals surface area contributed by atoms with Crippen LogP contribution in [0.5, 0.6) is 0 Å². The second-order valence-corrected chi connectivity index (χ2v) is 10.7. The summed E-state index contributed by atoms with van der Waals surface area (Å²) in [4.78, 5) is 30.6. The monoisotopic (exact) mass is 508 g/mol. The number of anilines is 1. The van der Waals surface area contributed by atoms with E-state index in [2.05, 4.69) is 42.0 Å². The number of halogens is 1. The van der Waals surface area contributed by atoms with Crippen LogP contribution in [0.4, 0.5) is 5.69 Å². The van der Waals surface area contributed by atoms with Crippen molar-refractivity contribution in [2.45, 2.75) is 47.0 Å². The Kier molecular flexibility index (Phi) is 6.57. The zero-order chi connectivity index (χ0) is 23.8. The molecule has 1 heterocycles. The molecule has 0 radical (unpaired) electrons. The molecule has 1 amide bonds. The average Bonchev–Trinajstić information content (AvgIpc) is 2.77. The van der Waals surface area contributed by atoms with E-state index >= 15 is 0 Å². The third-order valence-electron chi connectivity index (χ3n) is 6.46. The van der Waals surface area contributed by atoms with E-state index in [0.29, 0.717) is 17.2 Å². The molecule has 33 heavy (non-hydrogen) atoms. The van der Waals surface area contributed by atoms with Crippen LogP contribution in [0.2, 0.25) is 0 Å². The number of esters is 1. The first-order valence-electron chi connectivity index (χ1n) is 11.3. The lowest BCUT2D eigenvalue weighted by atomic mass is 9.70. The number of para-hydroxylation sites is 1. The highest BCUT2D eigenvalue weighted by Gasteiger charge is 2.33. The summed E-state index contributed by atoms with van der Waals surface area (Å²) in [5.41, 5.74) is 5.08. The summed E-state index contributed by atoms with van der Waals surface area (Å²) >= 11 is 3.45.